The molecule has 0 aliphatic carbocycles. The first-order valence-electron chi connectivity index (χ1n) is 25.5. The summed E-state index contributed by atoms with van der Waals surface area (Å²) in [7, 11) is -16.8. The van der Waals surface area contributed by atoms with Gasteiger partial charge in [-0.2, -0.15) is 13.2 Å². The van der Waals surface area contributed by atoms with Gasteiger partial charge in [0.05, 0.1) is 29.6 Å². The van der Waals surface area contributed by atoms with Crippen LogP contribution in [-0.2, 0) is 38.2 Å². The highest BCUT2D eigenvalue weighted by atomic mass is 32.2. The number of amides is 1. The highest BCUT2D eigenvalue weighted by Gasteiger charge is 2.74. The van der Waals surface area contributed by atoms with Crippen molar-refractivity contribution in [3.8, 4) is 0 Å². The molecule has 0 unspecified atom stereocenters. The number of hydrogen-bond donors (Lipinski definition) is 5. The molecule has 18 nitrogen and oxygen atoms in total. The van der Waals surface area contributed by atoms with Crippen LogP contribution < -0.4 is 16.2 Å². The van der Waals surface area contributed by atoms with E-state index in [1.807, 2.05) is 27.7 Å². The number of benzene rings is 1. The third-order valence-corrected chi connectivity index (χ3v) is 56.0. The fourth-order valence-electron chi connectivity index (χ4n) is 12.5. The number of aromatic nitrogens is 2. The van der Waals surface area contributed by atoms with E-state index in [9.17, 15) is 33.6 Å². The number of nitrogens with zero attached hydrogens (tertiary/aromatic N) is 4. The first-order valence-corrected chi connectivity index (χ1v) is 37.4. The fraction of sp³-hybridized carbons (Fsp3) is 0.766. The van der Waals surface area contributed by atoms with Crippen LogP contribution in [0.4, 0.5) is 13.2 Å². The van der Waals surface area contributed by atoms with Gasteiger partial charge in [0.25, 0.3) is 20.7 Å². The van der Waals surface area contributed by atoms with E-state index in [4.69, 9.17) is 28.4 Å². The molecule has 1 aromatic carbocycles. The van der Waals surface area contributed by atoms with Crippen molar-refractivity contribution in [3.63, 3.8) is 0 Å². The number of aliphatic hydroxyl groups is 4. The van der Waals surface area contributed by atoms with Crippen molar-refractivity contribution < 1.29 is 75.2 Å². The lowest BCUT2D eigenvalue weighted by Gasteiger charge is -2.47. The summed E-state index contributed by atoms with van der Waals surface area (Å²) >= 11 is 0. The minimum absolute atomic E-state index is 0.0294. The molecule has 8 atom stereocenters. The maximum Gasteiger partial charge on any atom is 0.500 e. The molecule has 1 aromatic heterocycles. The number of halogens is 3. The molecule has 0 radical (unpaired) electrons. The second kappa shape index (κ2) is 23.7. The Morgan fingerprint density at radius 1 is 0.822 bits per heavy atom. The molecular formula is C47H82F3N5O13SSi4. The van der Waals surface area contributed by atoms with Gasteiger partial charge >= 0.3 is 5.51 Å². The molecule has 3 aliphatic rings. The summed E-state index contributed by atoms with van der Waals surface area (Å²) in [5.41, 5.74) is -5.77. The molecule has 4 heterocycles. The number of fused-ring (bicyclic) bond motifs is 1. The monoisotopic (exact) mass is 1130 g/mol. The van der Waals surface area contributed by atoms with Crippen molar-refractivity contribution in [2.75, 3.05) is 19.9 Å². The van der Waals surface area contributed by atoms with Crippen molar-refractivity contribution in [2.45, 2.75) is 209 Å². The lowest BCUT2D eigenvalue weighted by Crippen LogP contribution is -2.64. The molecular weight excluding hydrogens is 1040 g/mol. The molecule has 416 valence electrons. The van der Waals surface area contributed by atoms with Gasteiger partial charge in [-0.25, -0.2) is 28.2 Å². The number of rotatable bonds is 23. The molecule has 2 aromatic rings. The summed E-state index contributed by atoms with van der Waals surface area (Å²) in [6.07, 6.45) is -11.8. The van der Waals surface area contributed by atoms with Crippen LogP contribution in [0.3, 0.4) is 0 Å². The van der Waals surface area contributed by atoms with Crippen molar-refractivity contribution >= 4 is 53.9 Å². The zero-order chi connectivity index (χ0) is 55.1. The summed E-state index contributed by atoms with van der Waals surface area (Å²) in [5, 5.41) is 47.3. The zero-order valence-electron chi connectivity index (χ0n) is 45.2. The number of sulfone groups is 1. The summed E-state index contributed by atoms with van der Waals surface area (Å²) < 4.78 is 102. The van der Waals surface area contributed by atoms with E-state index < -0.39 is 121 Å². The van der Waals surface area contributed by atoms with Crippen molar-refractivity contribution in [1.82, 2.24) is 19.8 Å². The van der Waals surface area contributed by atoms with Crippen molar-refractivity contribution in [2.24, 2.45) is 4.99 Å². The topological polar surface area (TPSA) is 233 Å². The average Bonchev–Trinajstić information content (AvgIpc) is 3.94. The number of hydrogen-bond acceptors (Lipinski definition) is 16. The second-order valence-electron chi connectivity index (χ2n) is 22.5. The molecule has 0 spiro atoms. The van der Waals surface area contributed by atoms with Crippen LogP contribution >= 0.6 is 0 Å². The van der Waals surface area contributed by atoms with Gasteiger partial charge in [0, 0.05) is 5.56 Å². The fourth-order valence-corrected chi connectivity index (χ4v) is 51.1. The predicted octanol–water partition coefficient (Wildman–Crippen LogP) is 5.28. The Balaban J connectivity index is 1.78. The minimum Gasteiger partial charge on any atom is -0.394 e. The number of carbonyl (C=O) groups is 1. The Hall–Kier alpha value is -2.42. The number of imidazole rings is 1. The van der Waals surface area contributed by atoms with Crippen molar-refractivity contribution in [1.29, 1.82) is 0 Å². The van der Waals surface area contributed by atoms with E-state index in [2.05, 4.69) is 98.4 Å². The lowest BCUT2D eigenvalue weighted by molar-refractivity contribution is -0.300. The Morgan fingerprint density at radius 3 is 1.78 bits per heavy atom. The van der Waals surface area contributed by atoms with Gasteiger partial charge in [0.15, 0.2) is 24.0 Å². The number of aliphatic hydroxyl groups excluding tert-OH is 3. The Labute approximate surface area is 433 Å². The molecule has 0 saturated carbocycles. The molecule has 0 bridgehead atoms. The number of nitrogens with one attached hydrogen (secondary N) is 1. The van der Waals surface area contributed by atoms with Gasteiger partial charge in [-0.05, 0) is 34.3 Å². The molecule has 5 rings (SSSR count). The van der Waals surface area contributed by atoms with Crippen LogP contribution in [0, 0.1) is 0 Å². The third kappa shape index (κ3) is 11.2. The smallest absolute Gasteiger partial charge is 0.394 e. The lowest BCUT2D eigenvalue weighted by atomic mass is 10.1. The van der Waals surface area contributed by atoms with Crippen LogP contribution in [0.5, 0.6) is 0 Å². The first-order chi connectivity index (χ1) is 33.8. The van der Waals surface area contributed by atoms with Crippen LogP contribution in [0.15, 0.2) is 41.7 Å². The van der Waals surface area contributed by atoms with Gasteiger partial charge in [0.1, 0.15) is 48.9 Å². The van der Waals surface area contributed by atoms with Gasteiger partial charge in [-0.1, -0.05) is 151 Å². The van der Waals surface area contributed by atoms with Gasteiger partial charge in [-0.3, -0.25) is 18.5 Å². The Bertz CT molecular complexity index is 2390. The zero-order valence-corrected chi connectivity index (χ0v) is 50.3. The predicted molar refractivity (Wildman–Crippen MR) is 278 cm³/mol. The largest absolute Gasteiger partial charge is 0.500 e. The Morgan fingerprint density at radius 2 is 1.33 bits per heavy atom. The molecule has 1 amide bonds. The van der Waals surface area contributed by atoms with Crippen molar-refractivity contribution in [3.05, 3.63) is 53.1 Å². The molecule has 73 heavy (non-hydrogen) atoms. The molecule has 26 heteroatoms. The third-order valence-electron chi connectivity index (χ3n) is 15.4. The van der Waals surface area contributed by atoms with Crippen LogP contribution in [0.25, 0.3) is 5.82 Å². The molecule has 5 N–H and O–H groups in total. The van der Waals surface area contributed by atoms with E-state index >= 15 is 13.2 Å². The maximum atomic E-state index is 15.5. The van der Waals surface area contributed by atoms with Crippen LogP contribution in [-0.4, -0.2) is 149 Å². The standard InChI is InChI=1S/C47H82F3N5O13SSi4/c1-26(2)70(27(3)4)72(30(9)10,31(11)12)67-63-23-36-40(66-68-73(32(13)14,33(15)16)71(28(5)6)29(7)8)46(60,69(61,62)47(48,49)50)45(65-36)55-24-51-37-41(55)52-25-54(44-39(58)38(57)35(22-56)64-44)42(37)53-43(59)34-20-18-17-19-21-34/h17-21,24,26-33,35-36,38-40,44-45,56-58,60,70-71H,22-23,25H2,1-16H3,(H,53,59)/t35-,36-,38-,39+,40-,44-,45-,46+/m1/s1. The highest BCUT2D eigenvalue weighted by Crippen LogP contribution is 2.51. The van der Waals surface area contributed by atoms with Gasteiger partial charge in [-0.15, -0.1) is 0 Å². The number of alkyl halides is 3. The highest BCUT2D eigenvalue weighted by molar-refractivity contribution is 7.93. The van der Waals surface area contributed by atoms with E-state index in [0.717, 1.165) is 10.9 Å². The van der Waals surface area contributed by atoms with Crippen LogP contribution in [0.2, 0.25) is 44.3 Å². The number of ether oxygens (including phenoxy) is 2. The van der Waals surface area contributed by atoms with E-state index in [1.165, 1.54) is 17.0 Å². The van der Waals surface area contributed by atoms with Crippen LogP contribution in [0.1, 0.15) is 127 Å². The normalized spacial score (nSPS) is 25.6. The second-order valence-corrected chi connectivity index (χ2v) is 49.9. The number of carbonyl (C=O) groups excluding carboxylic acids is 1. The van der Waals surface area contributed by atoms with E-state index in [-0.39, 0.29) is 66.6 Å². The summed E-state index contributed by atoms with van der Waals surface area (Å²) in [6.45, 7) is 31.2. The molecule has 2 fully saturated rings. The quantitative estimate of drug-likeness (QED) is 0.0542. The molecule has 3 aliphatic heterocycles. The van der Waals surface area contributed by atoms with E-state index in [0.29, 0.717) is 0 Å². The summed E-state index contributed by atoms with van der Waals surface area (Å²) in [4.78, 5) is 32.6. The SMILES string of the molecule is CC(C)[SiH](C(C)C)[Si](OOC[C@H]1O[C@@H](n2cnc3c2=NCN([C@@H]2O[C@H](CO)[C@@H](O)[C@@H]2O)C=3NC(=O)c2ccccc2)[C@@](O)(S(=O)(=O)C(F)(F)F)[C@@H]1OO[Si](C(C)C)(C(C)C)[SiH](C(C)C)C(C)C)(C(C)C)C(C)C. The van der Waals surface area contributed by atoms with Gasteiger partial charge < -0.3 is 40.1 Å². The summed E-state index contributed by atoms with van der Waals surface area (Å²) in [5.74, 6) is -0.932. The average molecular weight is 1130 g/mol. The summed E-state index contributed by atoms with van der Waals surface area (Å²) in [6, 6.07) is 7.92. The van der Waals surface area contributed by atoms with E-state index in [1.54, 1.807) is 18.2 Å². The minimum atomic E-state index is -6.76. The first kappa shape index (κ1) is 61.4. The molecule has 2 saturated heterocycles. The maximum absolute atomic E-state index is 15.5. The Kier molecular flexibility index (Phi) is 19.9. The van der Waals surface area contributed by atoms with Gasteiger partial charge in [0.2, 0.25) is 15.7 Å².